The number of hydrogen-bond donors (Lipinski definition) is 1. The maximum atomic E-state index is 13.9. The van der Waals surface area contributed by atoms with Crippen LogP contribution in [0, 0.1) is 0 Å². The van der Waals surface area contributed by atoms with E-state index in [1.807, 2.05) is 62.5 Å². The number of amidine groups is 1. The van der Waals surface area contributed by atoms with E-state index in [1.54, 1.807) is 28.8 Å². The molecule has 0 bridgehead atoms. The number of nitrogens with one attached hydrogen (secondary N) is 1. The SMILES string of the molecule is CCNc1ccc(C(=O)OC)cc1N=C1S/C(=C2\Sc3ccccc3N2C)C(=O)N1Cc1ccccc1. The fourth-order valence-corrected chi connectivity index (χ4v) is 6.47. The summed E-state index contributed by atoms with van der Waals surface area (Å²) < 4.78 is 4.91. The number of carbonyl (C=O) groups is 2. The Morgan fingerprint density at radius 2 is 1.78 bits per heavy atom. The average Bonchev–Trinajstić information content (AvgIpc) is 3.41. The molecule has 5 rings (SSSR count). The number of ether oxygens (including phenoxy) is 1. The van der Waals surface area contributed by atoms with Gasteiger partial charge in [0.1, 0.15) is 4.91 Å². The average molecular weight is 531 g/mol. The third kappa shape index (κ3) is 4.97. The van der Waals surface area contributed by atoms with E-state index in [0.29, 0.717) is 34.4 Å². The second kappa shape index (κ2) is 10.7. The van der Waals surface area contributed by atoms with Gasteiger partial charge >= 0.3 is 5.97 Å². The van der Waals surface area contributed by atoms with Crippen molar-refractivity contribution in [1.82, 2.24) is 4.90 Å². The maximum Gasteiger partial charge on any atom is 0.337 e. The highest BCUT2D eigenvalue weighted by Gasteiger charge is 2.39. The minimum absolute atomic E-state index is 0.0936. The van der Waals surface area contributed by atoms with Crippen LogP contribution < -0.4 is 10.2 Å². The van der Waals surface area contributed by atoms with E-state index in [4.69, 9.17) is 9.73 Å². The molecule has 2 heterocycles. The smallest absolute Gasteiger partial charge is 0.337 e. The Morgan fingerprint density at radius 1 is 1.03 bits per heavy atom. The second-order valence-corrected chi connectivity index (χ2v) is 10.4. The zero-order valence-electron chi connectivity index (χ0n) is 20.7. The summed E-state index contributed by atoms with van der Waals surface area (Å²) in [6.07, 6.45) is 0. The summed E-state index contributed by atoms with van der Waals surface area (Å²) in [5.74, 6) is -0.533. The zero-order chi connectivity index (χ0) is 25.9. The van der Waals surface area contributed by atoms with Crippen molar-refractivity contribution in [3.63, 3.8) is 0 Å². The van der Waals surface area contributed by atoms with Gasteiger partial charge in [0.05, 0.1) is 41.3 Å². The number of anilines is 2. The number of aliphatic imine (C=N–C) groups is 1. The Hall–Kier alpha value is -3.69. The molecule has 0 saturated carbocycles. The number of para-hydroxylation sites is 1. The molecule has 0 aliphatic carbocycles. The number of benzene rings is 3. The first kappa shape index (κ1) is 25.0. The molecule has 2 aliphatic heterocycles. The van der Waals surface area contributed by atoms with Crippen LogP contribution in [0.2, 0.25) is 0 Å². The predicted octanol–water partition coefficient (Wildman–Crippen LogP) is 6.08. The molecule has 188 valence electrons. The Balaban J connectivity index is 1.60. The van der Waals surface area contributed by atoms with Crippen LogP contribution in [0.25, 0.3) is 0 Å². The lowest BCUT2D eigenvalue weighted by Crippen LogP contribution is -2.29. The van der Waals surface area contributed by atoms with E-state index in [2.05, 4.69) is 22.3 Å². The number of esters is 1. The lowest BCUT2D eigenvalue weighted by Gasteiger charge is -2.17. The fraction of sp³-hybridized carbons (Fsp3) is 0.179. The first-order valence-corrected chi connectivity index (χ1v) is 13.5. The van der Waals surface area contributed by atoms with Gasteiger partial charge < -0.3 is 15.0 Å². The highest BCUT2D eigenvalue weighted by atomic mass is 32.2. The first-order valence-electron chi connectivity index (χ1n) is 11.8. The van der Waals surface area contributed by atoms with E-state index in [1.165, 1.54) is 18.9 Å². The first-order chi connectivity index (χ1) is 18.0. The summed E-state index contributed by atoms with van der Waals surface area (Å²) in [5.41, 5.74) is 3.81. The molecule has 1 fully saturated rings. The van der Waals surface area contributed by atoms with Crippen molar-refractivity contribution in [3.8, 4) is 0 Å². The number of amides is 1. The number of thioether (sulfide) groups is 2. The van der Waals surface area contributed by atoms with Crippen LogP contribution in [0.15, 0.2) is 92.6 Å². The Morgan fingerprint density at radius 3 is 2.51 bits per heavy atom. The van der Waals surface area contributed by atoms with Gasteiger partial charge in [-0.15, -0.1) is 0 Å². The van der Waals surface area contributed by atoms with Crippen molar-refractivity contribution >= 4 is 57.6 Å². The monoisotopic (exact) mass is 530 g/mol. The molecule has 9 heteroatoms. The topological polar surface area (TPSA) is 74.2 Å². The van der Waals surface area contributed by atoms with Crippen LogP contribution in [0.3, 0.4) is 0 Å². The molecule has 0 spiro atoms. The molecule has 1 N–H and O–H groups in total. The molecule has 0 unspecified atom stereocenters. The molecule has 1 amide bonds. The Kier molecular flexibility index (Phi) is 7.25. The number of rotatable bonds is 6. The molecule has 1 saturated heterocycles. The quantitative estimate of drug-likeness (QED) is 0.306. The summed E-state index contributed by atoms with van der Waals surface area (Å²) in [4.78, 5) is 36.5. The van der Waals surface area contributed by atoms with Gasteiger partial charge in [-0.1, -0.05) is 54.2 Å². The largest absolute Gasteiger partial charge is 0.465 e. The van der Waals surface area contributed by atoms with Crippen molar-refractivity contribution in [3.05, 3.63) is 93.9 Å². The lowest BCUT2D eigenvalue weighted by molar-refractivity contribution is -0.122. The third-order valence-corrected chi connectivity index (χ3v) is 8.41. The van der Waals surface area contributed by atoms with Crippen molar-refractivity contribution in [1.29, 1.82) is 0 Å². The van der Waals surface area contributed by atoms with Crippen LogP contribution in [0.4, 0.5) is 17.1 Å². The van der Waals surface area contributed by atoms with Crippen LogP contribution >= 0.6 is 23.5 Å². The Bertz CT molecular complexity index is 1420. The van der Waals surface area contributed by atoms with Gasteiger partial charge in [-0.2, -0.15) is 0 Å². The van der Waals surface area contributed by atoms with E-state index < -0.39 is 5.97 Å². The van der Waals surface area contributed by atoms with Crippen molar-refractivity contribution in [2.24, 2.45) is 4.99 Å². The molecular formula is C28H26N4O3S2. The Labute approximate surface area is 224 Å². The van der Waals surface area contributed by atoms with Gasteiger partial charge in [0.2, 0.25) is 0 Å². The molecule has 7 nitrogen and oxygen atoms in total. The van der Waals surface area contributed by atoms with Crippen LogP contribution in [0.1, 0.15) is 22.8 Å². The summed E-state index contributed by atoms with van der Waals surface area (Å²) in [6.45, 7) is 3.06. The standard InChI is InChI=1S/C28H26N4O3S2/c1-4-29-20-15-14-19(27(34)35-3)16-21(20)30-28-32(17-18-10-6-5-7-11-18)25(33)24(37-28)26-31(2)22-12-8-9-13-23(22)36-26/h5-16,29H,4,17H2,1-3H3/b26-24-,30-28?. The molecule has 2 aliphatic rings. The highest BCUT2D eigenvalue weighted by Crippen LogP contribution is 2.50. The summed E-state index contributed by atoms with van der Waals surface area (Å²) in [6, 6.07) is 23.2. The van der Waals surface area contributed by atoms with E-state index in [0.717, 1.165) is 26.9 Å². The minimum atomic E-state index is -0.439. The number of fused-ring (bicyclic) bond motifs is 1. The van der Waals surface area contributed by atoms with Gasteiger partial charge in [-0.25, -0.2) is 9.79 Å². The summed E-state index contributed by atoms with van der Waals surface area (Å²) in [7, 11) is 3.33. The fourth-order valence-electron chi connectivity index (χ4n) is 4.14. The molecule has 0 aromatic heterocycles. The van der Waals surface area contributed by atoms with Crippen LogP contribution in [0.5, 0.6) is 0 Å². The zero-order valence-corrected chi connectivity index (χ0v) is 22.4. The van der Waals surface area contributed by atoms with E-state index >= 15 is 0 Å². The van der Waals surface area contributed by atoms with Gasteiger partial charge in [0, 0.05) is 18.5 Å². The second-order valence-electron chi connectivity index (χ2n) is 8.39. The van der Waals surface area contributed by atoms with Gasteiger partial charge in [-0.3, -0.25) is 9.69 Å². The predicted molar refractivity (Wildman–Crippen MR) is 151 cm³/mol. The van der Waals surface area contributed by atoms with Crippen LogP contribution in [-0.4, -0.2) is 42.6 Å². The lowest BCUT2D eigenvalue weighted by atomic mass is 10.1. The normalized spacial score (nSPS) is 17.9. The number of hydrogen-bond acceptors (Lipinski definition) is 8. The molecule has 0 radical (unpaired) electrons. The van der Waals surface area contributed by atoms with Gasteiger partial charge in [-0.05, 0) is 54.6 Å². The van der Waals surface area contributed by atoms with Crippen molar-refractivity contribution in [2.45, 2.75) is 18.4 Å². The number of nitrogens with zero attached hydrogens (tertiary/aromatic N) is 3. The summed E-state index contributed by atoms with van der Waals surface area (Å²) in [5, 5.41) is 4.74. The van der Waals surface area contributed by atoms with E-state index in [9.17, 15) is 9.59 Å². The number of carbonyl (C=O) groups excluding carboxylic acids is 2. The van der Waals surface area contributed by atoms with Crippen molar-refractivity contribution in [2.75, 3.05) is 30.9 Å². The molecule has 37 heavy (non-hydrogen) atoms. The summed E-state index contributed by atoms with van der Waals surface area (Å²) >= 11 is 2.95. The molecule has 3 aromatic carbocycles. The molecule has 3 aromatic rings. The number of methoxy groups -OCH3 is 1. The van der Waals surface area contributed by atoms with Gasteiger partial charge in [0.25, 0.3) is 5.91 Å². The van der Waals surface area contributed by atoms with Crippen LogP contribution in [-0.2, 0) is 16.1 Å². The highest BCUT2D eigenvalue weighted by molar-refractivity contribution is 8.19. The minimum Gasteiger partial charge on any atom is -0.465 e. The van der Waals surface area contributed by atoms with Gasteiger partial charge in [0.15, 0.2) is 5.17 Å². The maximum absolute atomic E-state index is 13.9. The van der Waals surface area contributed by atoms with E-state index in [-0.39, 0.29) is 5.91 Å². The third-order valence-electron chi connectivity index (χ3n) is 5.98. The van der Waals surface area contributed by atoms with Crippen molar-refractivity contribution < 1.29 is 14.3 Å². The molecular weight excluding hydrogens is 504 g/mol. The molecule has 0 atom stereocenters.